The molecule has 1 heterocycles. The third-order valence-electron chi connectivity index (χ3n) is 7.08. The van der Waals surface area contributed by atoms with Crippen molar-refractivity contribution in [2.75, 3.05) is 31.9 Å². The number of Topliss-reactive ketones (excluding diaryl/α,β-unsaturated/α-hetero) is 1. The number of sulfonamides is 1. The third-order valence-corrected chi connectivity index (χ3v) is 9.16. The lowest BCUT2D eigenvalue weighted by Crippen LogP contribution is -2.60. The highest BCUT2D eigenvalue weighted by molar-refractivity contribution is 7.89. The lowest BCUT2D eigenvalue weighted by molar-refractivity contribution is -0.138. The Kier molecular flexibility index (Phi) is 9.92. The van der Waals surface area contributed by atoms with Crippen molar-refractivity contribution in [3.05, 3.63) is 35.1 Å². The minimum atomic E-state index is -4.92. The average Bonchev–Trinajstić information content (AvgIpc) is 2.78. The zero-order chi connectivity index (χ0) is 26.1. The van der Waals surface area contributed by atoms with Crippen molar-refractivity contribution in [3.8, 4) is 0 Å². The van der Waals surface area contributed by atoms with E-state index in [0.717, 1.165) is 12.1 Å². The van der Waals surface area contributed by atoms with Gasteiger partial charge < -0.3 is 0 Å². The summed E-state index contributed by atoms with van der Waals surface area (Å²) in [6.07, 6.45) is -5.47. The molecule has 0 bridgehead atoms. The maximum Gasteiger partial charge on any atom is 0.417 e. The van der Waals surface area contributed by atoms with Gasteiger partial charge >= 0.3 is 6.18 Å². The molecule has 2 aliphatic rings. The Bertz CT molecular complexity index is 1020. The number of nitrogens with zero attached hydrogens (tertiary/aromatic N) is 2. The summed E-state index contributed by atoms with van der Waals surface area (Å²) < 4.78 is 108. The molecule has 36 heavy (non-hydrogen) atoms. The van der Waals surface area contributed by atoms with Crippen LogP contribution in [0.15, 0.2) is 18.2 Å². The van der Waals surface area contributed by atoms with E-state index < -0.39 is 63.2 Å². The van der Waals surface area contributed by atoms with Gasteiger partial charge in [0.15, 0.2) is 5.78 Å². The fraction of sp³-hybridized carbons (Fsp3) is 0.696. The van der Waals surface area contributed by atoms with Crippen LogP contribution in [0.4, 0.5) is 26.3 Å². The van der Waals surface area contributed by atoms with Crippen molar-refractivity contribution in [2.45, 2.75) is 69.5 Å². The second kappa shape index (κ2) is 11.6. The number of hydrogen-bond acceptors (Lipinski definition) is 4. The zero-order valence-corrected chi connectivity index (χ0v) is 21.6. The van der Waals surface area contributed by atoms with Crippen molar-refractivity contribution in [3.63, 3.8) is 0 Å². The van der Waals surface area contributed by atoms with Gasteiger partial charge in [-0.1, -0.05) is 6.92 Å². The lowest BCUT2D eigenvalue weighted by atomic mass is 9.74. The smallest absolute Gasteiger partial charge is 0.295 e. The summed E-state index contributed by atoms with van der Waals surface area (Å²) in [4.78, 5) is 14.7. The van der Waals surface area contributed by atoms with E-state index >= 15 is 0 Å². The van der Waals surface area contributed by atoms with Gasteiger partial charge in [-0.2, -0.15) is 17.5 Å². The van der Waals surface area contributed by atoms with E-state index in [9.17, 15) is 39.6 Å². The van der Waals surface area contributed by atoms with Gasteiger partial charge in [0.25, 0.3) is 0 Å². The summed E-state index contributed by atoms with van der Waals surface area (Å²) in [5.41, 5.74) is -2.86. The molecule has 2 fully saturated rings. The number of halogens is 7. The molecular formula is C23H31ClF6N2O3S. The molecular weight excluding hydrogens is 534 g/mol. The summed E-state index contributed by atoms with van der Waals surface area (Å²) >= 11 is 0. The molecule has 0 atom stereocenters. The molecule has 13 heteroatoms. The van der Waals surface area contributed by atoms with Crippen molar-refractivity contribution < 1.29 is 39.6 Å². The number of hydrogen-bond donors (Lipinski definition) is 0. The molecule has 1 aliphatic heterocycles. The number of carbonyl (C=O) groups is 1. The van der Waals surface area contributed by atoms with Crippen LogP contribution in [-0.2, 0) is 16.2 Å². The summed E-state index contributed by atoms with van der Waals surface area (Å²) in [5, 5.41) is 0. The van der Waals surface area contributed by atoms with Crippen LogP contribution in [0.1, 0.15) is 67.8 Å². The molecule has 0 aromatic heterocycles. The first-order valence-corrected chi connectivity index (χ1v) is 13.3. The number of piperazine rings is 1. The van der Waals surface area contributed by atoms with E-state index in [1.165, 1.54) is 4.31 Å². The molecule has 1 aromatic carbocycles. The van der Waals surface area contributed by atoms with Crippen LogP contribution in [0.2, 0.25) is 0 Å². The summed E-state index contributed by atoms with van der Waals surface area (Å²) in [6.45, 7) is 2.70. The predicted octanol–water partition coefficient (Wildman–Crippen LogP) is 5.53. The van der Waals surface area contributed by atoms with Crippen LogP contribution >= 0.6 is 12.4 Å². The van der Waals surface area contributed by atoms with Gasteiger partial charge in [0, 0.05) is 56.5 Å². The molecule has 0 N–H and O–H groups in total. The largest absolute Gasteiger partial charge is 0.417 e. The van der Waals surface area contributed by atoms with E-state index in [-0.39, 0.29) is 76.1 Å². The van der Waals surface area contributed by atoms with Crippen LogP contribution in [-0.4, -0.2) is 66.8 Å². The fourth-order valence-corrected chi connectivity index (χ4v) is 6.60. The van der Waals surface area contributed by atoms with E-state index in [0.29, 0.717) is 6.42 Å². The molecule has 0 unspecified atom stereocenters. The number of rotatable bonds is 8. The van der Waals surface area contributed by atoms with Gasteiger partial charge in [0.2, 0.25) is 15.9 Å². The van der Waals surface area contributed by atoms with Crippen LogP contribution < -0.4 is 0 Å². The quantitative estimate of drug-likeness (QED) is 0.308. The van der Waals surface area contributed by atoms with Crippen LogP contribution in [0.3, 0.4) is 0 Å². The molecule has 1 aromatic rings. The van der Waals surface area contributed by atoms with E-state index in [1.807, 2.05) is 4.90 Å². The minimum absolute atomic E-state index is 0. The number of benzene rings is 1. The van der Waals surface area contributed by atoms with Gasteiger partial charge in [0.05, 0.1) is 11.3 Å². The highest BCUT2D eigenvalue weighted by Gasteiger charge is 2.47. The molecule has 5 nitrogen and oxygen atoms in total. The molecule has 0 spiro atoms. The standard InChI is InChI=1S/C23H30F6N2O3S.ClH/c1-2-15-35(33,34)31-13-11-30(12-14-31)21(7-9-22(25,26)10-8-21)6-5-20(32)18-4-3-17(24)16-19(18)23(27,28)29;/h3-4,16H,2,5-15H2,1H3;1H. The van der Waals surface area contributed by atoms with Crippen molar-refractivity contribution >= 4 is 28.2 Å². The molecule has 3 rings (SSSR count). The first kappa shape index (κ1) is 30.9. The first-order chi connectivity index (χ1) is 16.2. The molecule has 206 valence electrons. The van der Waals surface area contributed by atoms with E-state index in [4.69, 9.17) is 0 Å². The minimum Gasteiger partial charge on any atom is -0.295 e. The Labute approximate surface area is 213 Å². The van der Waals surface area contributed by atoms with Gasteiger partial charge in [-0.25, -0.2) is 21.6 Å². The van der Waals surface area contributed by atoms with Gasteiger partial charge in [-0.15, -0.1) is 12.4 Å². The maximum absolute atomic E-state index is 14.0. The zero-order valence-electron chi connectivity index (χ0n) is 19.9. The van der Waals surface area contributed by atoms with Crippen molar-refractivity contribution in [1.29, 1.82) is 0 Å². The SMILES string of the molecule is CCCS(=O)(=O)N1CCN(C2(CCC(=O)c3ccc(F)cc3C(F)(F)F)CCC(F)(F)CC2)CC1.Cl. The Hall–Kier alpha value is -1.37. The highest BCUT2D eigenvalue weighted by atomic mass is 35.5. The van der Waals surface area contributed by atoms with Crippen molar-refractivity contribution in [1.82, 2.24) is 9.21 Å². The average molecular weight is 565 g/mol. The van der Waals surface area contributed by atoms with E-state index in [2.05, 4.69) is 0 Å². The second-order valence-corrected chi connectivity index (χ2v) is 11.5. The number of alkyl halides is 5. The van der Waals surface area contributed by atoms with Gasteiger partial charge in [-0.3, -0.25) is 9.69 Å². The predicted molar refractivity (Wildman–Crippen MR) is 126 cm³/mol. The van der Waals surface area contributed by atoms with Crippen molar-refractivity contribution in [2.24, 2.45) is 0 Å². The monoisotopic (exact) mass is 564 g/mol. The van der Waals surface area contributed by atoms with Crippen LogP contribution in [0.25, 0.3) is 0 Å². The van der Waals surface area contributed by atoms with E-state index in [1.54, 1.807) is 6.92 Å². The molecule has 0 radical (unpaired) electrons. The number of ketones is 1. The molecule has 1 saturated carbocycles. The molecule has 1 aliphatic carbocycles. The van der Waals surface area contributed by atoms with Crippen LogP contribution in [0.5, 0.6) is 0 Å². The normalized spacial score (nSPS) is 21.1. The lowest BCUT2D eigenvalue weighted by Gasteiger charge is -2.51. The maximum atomic E-state index is 14.0. The van der Waals surface area contributed by atoms with Crippen LogP contribution in [0, 0.1) is 5.82 Å². The Balaban J connectivity index is 0.00000456. The first-order valence-electron chi connectivity index (χ1n) is 11.7. The topological polar surface area (TPSA) is 57.7 Å². The molecule has 0 amide bonds. The number of carbonyl (C=O) groups excluding carboxylic acids is 1. The summed E-state index contributed by atoms with van der Waals surface area (Å²) in [6, 6.07) is 1.87. The summed E-state index contributed by atoms with van der Waals surface area (Å²) in [7, 11) is -3.41. The highest BCUT2D eigenvalue weighted by Crippen LogP contribution is 2.45. The van der Waals surface area contributed by atoms with Gasteiger partial charge in [0.1, 0.15) is 5.82 Å². The Morgan fingerprint density at radius 1 is 1.03 bits per heavy atom. The third kappa shape index (κ3) is 7.14. The fourth-order valence-electron chi connectivity index (χ4n) is 5.11. The second-order valence-electron chi connectivity index (χ2n) is 9.39. The molecule has 1 saturated heterocycles. The Morgan fingerprint density at radius 2 is 1.61 bits per heavy atom. The summed E-state index contributed by atoms with van der Waals surface area (Å²) in [5.74, 6) is -4.80. The van der Waals surface area contributed by atoms with Gasteiger partial charge in [-0.05, 0) is 43.9 Å². The Morgan fingerprint density at radius 3 is 2.14 bits per heavy atom.